The molecule has 1 aliphatic heterocycles. The number of ether oxygens (including phenoxy) is 1. The fourth-order valence-corrected chi connectivity index (χ4v) is 3.94. The van der Waals surface area contributed by atoms with Crippen molar-refractivity contribution >= 4 is 5.69 Å². The number of nitrogens with one attached hydrogen (secondary N) is 1. The minimum absolute atomic E-state index is 0.773. The number of hydrogen-bond donors (Lipinski definition) is 1. The zero-order chi connectivity index (χ0) is 14.5. The Morgan fingerprint density at radius 3 is 2.76 bits per heavy atom. The zero-order valence-corrected chi connectivity index (χ0v) is 13.2. The molecule has 3 heteroatoms. The normalized spacial score (nSPS) is 25.1. The van der Waals surface area contributed by atoms with E-state index in [0.717, 1.165) is 31.7 Å². The highest BCUT2D eigenvalue weighted by atomic mass is 16.5. The van der Waals surface area contributed by atoms with E-state index in [1.54, 1.807) is 7.11 Å². The minimum Gasteiger partial charge on any atom is -0.383 e. The third-order valence-electron chi connectivity index (χ3n) is 5.09. The first-order valence-electron chi connectivity index (χ1n) is 8.44. The van der Waals surface area contributed by atoms with Crippen LogP contribution in [0.25, 0.3) is 0 Å². The van der Waals surface area contributed by atoms with Gasteiger partial charge in [0.25, 0.3) is 0 Å². The Morgan fingerprint density at radius 2 is 1.95 bits per heavy atom. The zero-order valence-electron chi connectivity index (χ0n) is 13.2. The fraction of sp³-hybridized carbons (Fsp3) is 0.667. The van der Waals surface area contributed by atoms with Crippen LogP contribution in [-0.2, 0) is 11.3 Å². The van der Waals surface area contributed by atoms with Crippen LogP contribution in [0.3, 0.4) is 0 Å². The van der Waals surface area contributed by atoms with Gasteiger partial charge in [0, 0.05) is 38.5 Å². The van der Waals surface area contributed by atoms with E-state index in [1.165, 1.54) is 49.9 Å². The number of hydrogen-bond acceptors (Lipinski definition) is 3. The van der Waals surface area contributed by atoms with Crippen molar-refractivity contribution < 1.29 is 4.74 Å². The topological polar surface area (TPSA) is 24.5 Å². The van der Waals surface area contributed by atoms with E-state index in [0.29, 0.717) is 0 Å². The second kappa shape index (κ2) is 7.28. The fourth-order valence-electron chi connectivity index (χ4n) is 3.94. The van der Waals surface area contributed by atoms with Crippen molar-refractivity contribution in [1.82, 2.24) is 5.32 Å². The van der Waals surface area contributed by atoms with Gasteiger partial charge < -0.3 is 15.0 Å². The number of nitrogens with zero attached hydrogens (tertiary/aromatic N) is 1. The Hall–Kier alpha value is -1.06. The van der Waals surface area contributed by atoms with Crippen molar-refractivity contribution in [2.24, 2.45) is 5.92 Å². The highest BCUT2D eigenvalue weighted by molar-refractivity contribution is 5.50. The summed E-state index contributed by atoms with van der Waals surface area (Å²) < 4.78 is 5.05. The van der Waals surface area contributed by atoms with Gasteiger partial charge in [-0.15, -0.1) is 0 Å². The van der Waals surface area contributed by atoms with Crippen LogP contribution >= 0.6 is 0 Å². The third kappa shape index (κ3) is 3.58. The molecule has 1 aromatic carbocycles. The summed E-state index contributed by atoms with van der Waals surface area (Å²) >= 11 is 0. The van der Waals surface area contributed by atoms with Gasteiger partial charge >= 0.3 is 0 Å². The van der Waals surface area contributed by atoms with Crippen molar-refractivity contribution in [3.8, 4) is 0 Å². The molecule has 116 valence electrons. The van der Waals surface area contributed by atoms with Crippen LogP contribution in [0.4, 0.5) is 5.69 Å². The molecule has 21 heavy (non-hydrogen) atoms. The van der Waals surface area contributed by atoms with Crippen LogP contribution in [0, 0.1) is 5.92 Å². The SMILES string of the molecule is COCCNCc1ccc(N2CCC3CCCCC32)cc1. The van der Waals surface area contributed by atoms with Gasteiger partial charge in [0.2, 0.25) is 0 Å². The number of benzene rings is 1. The van der Waals surface area contributed by atoms with Crippen molar-refractivity contribution in [2.75, 3.05) is 31.7 Å². The Morgan fingerprint density at radius 1 is 1.14 bits per heavy atom. The van der Waals surface area contributed by atoms with E-state index >= 15 is 0 Å². The second-order valence-corrected chi connectivity index (χ2v) is 6.43. The number of anilines is 1. The lowest BCUT2D eigenvalue weighted by atomic mass is 9.85. The Kier molecular flexibility index (Phi) is 5.15. The molecule has 1 saturated heterocycles. The van der Waals surface area contributed by atoms with Gasteiger partial charge in [0.15, 0.2) is 0 Å². The lowest BCUT2D eigenvalue weighted by Gasteiger charge is -2.33. The van der Waals surface area contributed by atoms with E-state index in [2.05, 4.69) is 34.5 Å². The Bertz CT molecular complexity index is 431. The summed E-state index contributed by atoms with van der Waals surface area (Å²) in [5.41, 5.74) is 2.78. The summed E-state index contributed by atoms with van der Waals surface area (Å²) in [7, 11) is 1.74. The molecule has 1 saturated carbocycles. The van der Waals surface area contributed by atoms with E-state index in [9.17, 15) is 0 Å². The molecule has 0 amide bonds. The second-order valence-electron chi connectivity index (χ2n) is 6.43. The van der Waals surface area contributed by atoms with Gasteiger partial charge in [-0.25, -0.2) is 0 Å². The summed E-state index contributed by atoms with van der Waals surface area (Å²) in [6, 6.07) is 9.97. The van der Waals surface area contributed by atoms with Crippen molar-refractivity contribution in [1.29, 1.82) is 0 Å². The quantitative estimate of drug-likeness (QED) is 0.814. The van der Waals surface area contributed by atoms with Crippen molar-refractivity contribution in [2.45, 2.75) is 44.7 Å². The summed E-state index contributed by atoms with van der Waals surface area (Å²) in [6.07, 6.45) is 7.10. The maximum atomic E-state index is 5.05. The lowest BCUT2D eigenvalue weighted by Crippen LogP contribution is -2.34. The molecule has 3 nitrogen and oxygen atoms in total. The van der Waals surface area contributed by atoms with Crippen molar-refractivity contribution in [3.05, 3.63) is 29.8 Å². The molecule has 2 unspecified atom stereocenters. The molecular formula is C18H28N2O. The maximum absolute atomic E-state index is 5.05. The average Bonchev–Trinajstić information content (AvgIpc) is 2.96. The van der Waals surface area contributed by atoms with E-state index in [1.807, 2.05) is 0 Å². The lowest BCUT2D eigenvalue weighted by molar-refractivity contribution is 0.199. The molecule has 2 aliphatic rings. The third-order valence-corrected chi connectivity index (χ3v) is 5.09. The van der Waals surface area contributed by atoms with Crippen molar-refractivity contribution in [3.63, 3.8) is 0 Å². The molecule has 1 aromatic rings. The highest BCUT2D eigenvalue weighted by Gasteiger charge is 2.35. The number of rotatable bonds is 6. The van der Waals surface area contributed by atoms with Crippen LogP contribution in [0.15, 0.2) is 24.3 Å². The average molecular weight is 288 g/mol. The van der Waals surface area contributed by atoms with Crippen LogP contribution < -0.4 is 10.2 Å². The molecular weight excluding hydrogens is 260 g/mol. The maximum Gasteiger partial charge on any atom is 0.0587 e. The summed E-state index contributed by atoms with van der Waals surface area (Å²) in [4.78, 5) is 2.66. The van der Waals surface area contributed by atoms with Gasteiger partial charge in [-0.1, -0.05) is 25.0 Å². The molecule has 1 aliphatic carbocycles. The molecule has 2 fully saturated rings. The van der Waals surface area contributed by atoms with Gasteiger partial charge in [0.05, 0.1) is 6.61 Å². The van der Waals surface area contributed by atoms with Gasteiger partial charge in [-0.3, -0.25) is 0 Å². The molecule has 0 spiro atoms. The molecule has 1 heterocycles. The van der Waals surface area contributed by atoms with E-state index in [-0.39, 0.29) is 0 Å². The summed E-state index contributed by atoms with van der Waals surface area (Å²) in [6.45, 7) is 3.86. The molecule has 1 N–H and O–H groups in total. The Labute approximate surface area is 128 Å². The Balaban J connectivity index is 1.56. The van der Waals surface area contributed by atoms with E-state index in [4.69, 9.17) is 4.74 Å². The van der Waals surface area contributed by atoms with Gasteiger partial charge in [0.1, 0.15) is 0 Å². The van der Waals surface area contributed by atoms with Crippen LogP contribution in [-0.4, -0.2) is 32.8 Å². The van der Waals surface area contributed by atoms with E-state index < -0.39 is 0 Å². The van der Waals surface area contributed by atoms with Crippen LogP contribution in [0.2, 0.25) is 0 Å². The van der Waals surface area contributed by atoms with Gasteiger partial charge in [-0.2, -0.15) is 0 Å². The molecule has 2 atom stereocenters. The highest BCUT2D eigenvalue weighted by Crippen LogP contribution is 2.38. The first-order valence-corrected chi connectivity index (χ1v) is 8.44. The summed E-state index contributed by atoms with van der Waals surface area (Å²) in [5.74, 6) is 0.953. The first kappa shape index (κ1) is 14.9. The van der Waals surface area contributed by atoms with Crippen LogP contribution in [0.5, 0.6) is 0 Å². The molecule has 0 aromatic heterocycles. The summed E-state index contributed by atoms with van der Waals surface area (Å²) in [5, 5.41) is 3.40. The minimum atomic E-state index is 0.773. The monoisotopic (exact) mass is 288 g/mol. The number of methoxy groups -OCH3 is 1. The standard InChI is InChI=1S/C18H28N2O/c1-21-13-11-19-14-15-6-8-17(9-7-15)20-12-10-16-4-2-3-5-18(16)20/h6-9,16,18-19H,2-5,10-14H2,1H3. The molecule has 0 bridgehead atoms. The largest absolute Gasteiger partial charge is 0.383 e. The smallest absolute Gasteiger partial charge is 0.0587 e. The predicted octanol–water partition coefficient (Wildman–Crippen LogP) is 3.19. The molecule has 3 rings (SSSR count). The predicted molar refractivity (Wildman–Crippen MR) is 87.7 cm³/mol. The first-order chi connectivity index (χ1) is 10.4. The molecule has 0 radical (unpaired) electrons. The van der Waals surface area contributed by atoms with Gasteiger partial charge in [-0.05, 0) is 42.9 Å². The number of fused-ring (bicyclic) bond motifs is 1. The van der Waals surface area contributed by atoms with Crippen LogP contribution in [0.1, 0.15) is 37.7 Å².